The van der Waals surface area contributed by atoms with E-state index in [-0.39, 0.29) is 28.4 Å². The molecule has 108 valence electrons. The molecule has 0 saturated heterocycles. The monoisotopic (exact) mass is 307 g/mol. The van der Waals surface area contributed by atoms with E-state index in [1.165, 1.54) is 12.3 Å². The molecule has 0 N–H and O–H groups in total. The van der Waals surface area contributed by atoms with Crippen LogP contribution in [0.5, 0.6) is 0 Å². The summed E-state index contributed by atoms with van der Waals surface area (Å²) in [5, 5.41) is 8.96. The topological polar surface area (TPSA) is 89.3 Å². The smallest absolute Gasteiger partial charge is 0.422 e. The minimum Gasteiger partial charge on any atom is -0.462 e. The maximum absolute atomic E-state index is 12.4. The van der Waals surface area contributed by atoms with Crippen LogP contribution < -0.4 is 5.43 Å². The van der Waals surface area contributed by atoms with Gasteiger partial charge in [-0.3, -0.25) is 4.79 Å². The predicted molar refractivity (Wildman–Crippen MR) is 77.4 cm³/mol. The Kier molecular flexibility index (Phi) is 4.19. The van der Waals surface area contributed by atoms with Crippen molar-refractivity contribution < 1.29 is 9.53 Å². The van der Waals surface area contributed by atoms with Crippen LogP contribution in [-0.4, -0.2) is 22.1 Å². The molecule has 0 unspecified atom stereocenters. The van der Waals surface area contributed by atoms with E-state index in [1.54, 1.807) is 11.5 Å². The minimum absolute atomic E-state index is 0.0320. The fourth-order valence-electron chi connectivity index (χ4n) is 1.94. The molecule has 2 aromatic heterocycles. The van der Waals surface area contributed by atoms with Gasteiger partial charge in [-0.2, -0.15) is 0 Å². The lowest BCUT2D eigenvalue weighted by Crippen LogP contribution is -2.21. The number of hydrogen-bond donors (Lipinski definition) is 0. The number of carbonyl (C=O) groups is 1. The van der Waals surface area contributed by atoms with Gasteiger partial charge in [0, 0.05) is 12.7 Å². The van der Waals surface area contributed by atoms with Crippen LogP contribution in [0.25, 0.3) is 16.0 Å². The Hall–Kier alpha value is -2.46. The molecular formula is C13H12ClN4O3+. The second-order valence-electron chi connectivity index (χ2n) is 4.15. The van der Waals surface area contributed by atoms with Gasteiger partial charge in [-0.1, -0.05) is 11.6 Å². The Morgan fingerprint density at radius 1 is 1.52 bits per heavy atom. The third-order valence-corrected chi connectivity index (χ3v) is 3.21. The predicted octanol–water partition coefficient (Wildman–Crippen LogP) is 2.73. The molecule has 0 fully saturated rings. The molecule has 0 radical (unpaired) electrons. The number of carbonyl (C=O) groups excluding carboxylic acids is 1. The first-order valence-electron chi connectivity index (χ1n) is 6.29. The lowest BCUT2D eigenvalue weighted by Gasteiger charge is -2.09. The SMILES string of the molecule is CCOC(=O)c1cn(CC)c2nc(Cl)c([N+]#N)cc2c1=O. The number of hydrogen-bond acceptors (Lipinski definition) is 5. The van der Waals surface area contributed by atoms with E-state index < -0.39 is 11.4 Å². The zero-order valence-electron chi connectivity index (χ0n) is 11.5. The molecule has 0 bridgehead atoms. The number of aryl methyl sites for hydroxylation is 1. The van der Waals surface area contributed by atoms with Crippen LogP contribution in [0.3, 0.4) is 0 Å². The zero-order valence-corrected chi connectivity index (χ0v) is 12.2. The van der Waals surface area contributed by atoms with Gasteiger partial charge in [-0.15, -0.1) is 0 Å². The summed E-state index contributed by atoms with van der Waals surface area (Å²) < 4.78 is 6.47. The van der Waals surface area contributed by atoms with Gasteiger partial charge in [0.15, 0.2) is 4.98 Å². The highest BCUT2D eigenvalue weighted by molar-refractivity contribution is 6.32. The average molecular weight is 308 g/mol. The lowest BCUT2D eigenvalue weighted by atomic mass is 10.2. The van der Waals surface area contributed by atoms with Crippen LogP contribution in [0.2, 0.25) is 5.15 Å². The maximum Gasteiger partial charge on any atom is 0.422 e. The second kappa shape index (κ2) is 5.89. The Bertz CT molecular complexity index is 823. The number of diazo groups is 1. The van der Waals surface area contributed by atoms with E-state index >= 15 is 0 Å². The van der Waals surface area contributed by atoms with Gasteiger partial charge in [0.25, 0.3) is 0 Å². The van der Waals surface area contributed by atoms with Crippen molar-refractivity contribution in [3.8, 4) is 0 Å². The van der Waals surface area contributed by atoms with Gasteiger partial charge in [-0.05, 0) is 13.8 Å². The summed E-state index contributed by atoms with van der Waals surface area (Å²) in [5.41, 5.74) is -0.362. The van der Waals surface area contributed by atoms with E-state index in [4.69, 9.17) is 21.7 Å². The molecule has 0 aliphatic rings. The summed E-state index contributed by atoms with van der Waals surface area (Å²) in [7, 11) is 0. The number of ether oxygens (including phenoxy) is 1. The molecule has 0 aliphatic heterocycles. The van der Waals surface area contributed by atoms with E-state index in [2.05, 4.69) is 9.96 Å². The molecule has 0 amide bonds. The zero-order chi connectivity index (χ0) is 15.6. The minimum atomic E-state index is -0.705. The van der Waals surface area contributed by atoms with Crippen molar-refractivity contribution in [2.75, 3.05) is 6.61 Å². The van der Waals surface area contributed by atoms with Crippen molar-refractivity contribution in [2.24, 2.45) is 0 Å². The fraction of sp³-hybridized carbons (Fsp3) is 0.308. The Balaban J connectivity index is 2.85. The van der Waals surface area contributed by atoms with Crippen molar-refractivity contribution in [1.82, 2.24) is 9.55 Å². The number of halogens is 1. The number of esters is 1. The standard InChI is InChI=1S/C13H12ClN4O3/c1-3-18-6-8(13(20)21-4-2)10(19)7-5-9(17-15)11(14)16-12(7)18/h5-6H,3-4H2,1-2H3/q+1. The molecule has 2 aromatic rings. The van der Waals surface area contributed by atoms with Gasteiger partial charge in [0.05, 0.1) is 18.1 Å². The summed E-state index contributed by atoms with van der Waals surface area (Å²) in [5.74, 6) is -0.705. The van der Waals surface area contributed by atoms with Crippen LogP contribution in [0, 0.1) is 5.39 Å². The Morgan fingerprint density at radius 2 is 2.24 bits per heavy atom. The summed E-state index contributed by atoms with van der Waals surface area (Å²) >= 11 is 5.86. The van der Waals surface area contributed by atoms with Crippen LogP contribution in [0.15, 0.2) is 17.1 Å². The molecule has 8 heteroatoms. The highest BCUT2D eigenvalue weighted by Crippen LogP contribution is 2.26. The van der Waals surface area contributed by atoms with E-state index in [0.29, 0.717) is 12.2 Å². The highest BCUT2D eigenvalue weighted by atomic mass is 35.5. The molecule has 21 heavy (non-hydrogen) atoms. The van der Waals surface area contributed by atoms with Gasteiger partial charge >= 0.3 is 11.7 Å². The molecule has 0 aliphatic carbocycles. The van der Waals surface area contributed by atoms with Gasteiger partial charge < -0.3 is 9.30 Å². The first kappa shape index (κ1) is 14.9. The van der Waals surface area contributed by atoms with Gasteiger partial charge in [0.1, 0.15) is 11.2 Å². The fourth-order valence-corrected chi connectivity index (χ4v) is 2.12. The molecule has 2 heterocycles. The third-order valence-electron chi connectivity index (χ3n) is 2.93. The van der Waals surface area contributed by atoms with Crippen molar-refractivity contribution in [3.63, 3.8) is 0 Å². The average Bonchev–Trinajstić information content (AvgIpc) is 2.47. The van der Waals surface area contributed by atoms with Crippen LogP contribution in [0.4, 0.5) is 5.69 Å². The summed E-state index contributed by atoms with van der Waals surface area (Å²) in [6.45, 7) is 4.13. The molecule has 7 nitrogen and oxygen atoms in total. The van der Waals surface area contributed by atoms with Crippen LogP contribution in [0.1, 0.15) is 24.2 Å². The van der Waals surface area contributed by atoms with Gasteiger partial charge in [-0.25, -0.2) is 9.78 Å². The van der Waals surface area contributed by atoms with Crippen molar-refractivity contribution >= 4 is 34.3 Å². The first-order chi connectivity index (χ1) is 10.0. The quantitative estimate of drug-likeness (QED) is 0.494. The summed E-state index contributed by atoms with van der Waals surface area (Å²) in [4.78, 5) is 31.2. The largest absolute Gasteiger partial charge is 0.462 e. The molecule has 0 saturated carbocycles. The van der Waals surface area contributed by atoms with Crippen molar-refractivity contribution in [1.29, 1.82) is 5.39 Å². The number of pyridine rings is 2. The maximum atomic E-state index is 12.4. The van der Waals surface area contributed by atoms with Gasteiger partial charge in [0.2, 0.25) is 16.0 Å². The van der Waals surface area contributed by atoms with Crippen LogP contribution in [-0.2, 0) is 11.3 Å². The van der Waals surface area contributed by atoms with E-state index in [0.717, 1.165) is 0 Å². The number of rotatable bonds is 3. The van der Waals surface area contributed by atoms with Crippen molar-refractivity contribution in [2.45, 2.75) is 20.4 Å². The summed E-state index contributed by atoms with van der Waals surface area (Å²) in [6, 6.07) is 1.29. The molecule has 0 aromatic carbocycles. The molecule has 2 rings (SSSR count). The molecule has 0 atom stereocenters. The Labute approximate surface area is 124 Å². The van der Waals surface area contributed by atoms with Crippen molar-refractivity contribution in [3.05, 3.63) is 38.2 Å². The Morgan fingerprint density at radius 3 is 2.81 bits per heavy atom. The van der Waals surface area contributed by atoms with E-state index in [9.17, 15) is 9.59 Å². The highest BCUT2D eigenvalue weighted by Gasteiger charge is 2.22. The lowest BCUT2D eigenvalue weighted by molar-refractivity contribution is 0.0524. The second-order valence-corrected chi connectivity index (χ2v) is 4.51. The number of fused-ring (bicyclic) bond motifs is 1. The molecule has 0 spiro atoms. The number of aromatic nitrogens is 2. The van der Waals surface area contributed by atoms with Crippen LogP contribution >= 0.6 is 11.6 Å². The third kappa shape index (κ3) is 2.58. The molecular weight excluding hydrogens is 296 g/mol. The normalized spacial score (nSPS) is 10.4. The van der Waals surface area contributed by atoms with E-state index in [1.807, 2.05) is 6.92 Å². The number of nitrogens with zero attached hydrogens (tertiary/aromatic N) is 4. The summed E-state index contributed by atoms with van der Waals surface area (Å²) in [6.07, 6.45) is 1.39. The first-order valence-corrected chi connectivity index (χ1v) is 6.67.